The number of rotatable bonds is 5. The van der Waals surface area contributed by atoms with Gasteiger partial charge in [-0.2, -0.15) is 0 Å². The molecule has 104 valence electrons. The summed E-state index contributed by atoms with van der Waals surface area (Å²) in [4.78, 5) is 13.2. The molecular weight excluding hydrogens is 246 g/mol. The fourth-order valence-electron chi connectivity index (χ4n) is 2.10. The molecule has 0 saturated heterocycles. The van der Waals surface area contributed by atoms with Gasteiger partial charge >= 0.3 is 5.97 Å². The number of hydrogen-bond acceptors (Lipinski definition) is 4. The minimum Gasteiger partial charge on any atom is -0.481 e. The molecule has 0 radical (unpaired) electrons. The molecule has 5 nitrogen and oxygen atoms in total. The minimum absolute atomic E-state index is 0.0916. The first-order valence-corrected chi connectivity index (χ1v) is 6.32. The zero-order valence-electron chi connectivity index (χ0n) is 11.4. The predicted octanol–water partition coefficient (Wildman–Crippen LogP) is 2.21. The Morgan fingerprint density at radius 3 is 2.68 bits per heavy atom. The van der Waals surface area contributed by atoms with Gasteiger partial charge in [0, 0.05) is 25.3 Å². The summed E-state index contributed by atoms with van der Waals surface area (Å²) in [5.74, 6) is 0.378. The molecule has 0 aromatic heterocycles. The molecule has 1 aromatic rings. The Labute approximate surface area is 112 Å². The maximum atomic E-state index is 11.2. The van der Waals surface area contributed by atoms with Crippen molar-refractivity contribution in [2.24, 2.45) is 11.8 Å². The average Bonchev–Trinajstić information content (AvgIpc) is 2.81. The molecule has 1 heterocycles. The molecule has 2 rings (SSSR count). The molecule has 1 unspecified atom stereocenters. The van der Waals surface area contributed by atoms with Crippen LogP contribution >= 0.6 is 0 Å². The van der Waals surface area contributed by atoms with Gasteiger partial charge in [-0.1, -0.05) is 13.8 Å². The maximum absolute atomic E-state index is 11.2. The number of ether oxygens (including phenoxy) is 2. The van der Waals surface area contributed by atoms with E-state index in [1.54, 1.807) is 0 Å². The smallest absolute Gasteiger partial charge is 0.308 e. The molecular formula is C14H19NO4. The maximum Gasteiger partial charge on any atom is 0.308 e. The van der Waals surface area contributed by atoms with Gasteiger partial charge in [0.1, 0.15) is 0 Å². The van der Waals surface area contributed by atoms with Gasteiger partial charge in [-0.3, -0.25) is 4.79 Å². The lowest BCUT2D eigenvalue weighted by atomic mass is 9.95. The molecule has 0 saturated carbocycles. The monoisotopic (exact) mass is 265 g/mol. The largest absolute Gasteiger partial charge is 0.481 e. The molecule has 1 N–H and O–H groups in total. The Bertz CT molecular complexity index is 473. The summed E-state index contributed by atoms with van der Waals surface area (Å²) in [5, 5.41) is 9.22. The van der Waals surface area contributed by atoms with Gasteiger partial charge in [-0.15, -0.1) is 0 Å². The van der Waals surface area contributed by atoms with E-state index in [0.717, 1.165) is 11.4 Å². The number of carbonyl (C=O) groups is 1. The third kappa shape index (κ3) is 2.92. The van der Waals surface area contributed by atoms with Crippen LogP contribution in [-0.2, 0) is 4.79 Å². The summed E-state index contributed by atoms with van der Waals surface area (Å²) < 4.78 is 10.6. The Morgan fingerprint density at radius 2 is 2.05 bits per heavy atom. The van der Waals surface area contributed by atoms with Crippen molar-refractivity contribution in [3.05, 3.63) is 18.2 Å². The van der Waals surface area contributed by atoms with Crippen molar-refractivity contribution < 1.29 is 19.4 Å². The SMILES string of the molecule is CC(C)C(CN(C)c1ccc2c(c1)OCO2)C(=O)O. The summed E-state index contributed by atoms with van der Waals surface area (Å²) >= 11 is 0. The van der Waals surface area contributed by atoms with Crippen LogP contribution in [0.15, 0.2) is 18.2 Å². The highest BCUT2D eigenvalue weighted by molar-refractivity contribution is 5.71. The summed E-state index contributed by atoms with van der Waals surface area (Å²) in [6, 6.07) is 5.63. The number of anilines is 1. The van der Waals surface area contributed by atoms with E-state index < -0.39 is 11.9 Å². The van der Waals surface area contributed by atoms with Gasteiger partial charge < -0.3 is 19.5 Å². The zero-order chi connectivity index (χ0) is 14.0. The highest BCUT2D eigenvalue weighted by Gasteiger charge is 2.24. The number of hydrogen-bond donors (Lipinski definition) is 1. The van der Waals surface area contributed by atoms with Crippen molar-refractivity contribution in [2.75, 3.05) is 25.3 Å². The van der Waals surface area contributed by atoms with Crippen molar-refractivity contribution in [2.45, 2.75) is 13.8 Å². The Balaban J connectivity index is 2.11. The Hall–Kier alpha value is -1.91. The quantitative estimate of drug-likeness (QED) is 0.884. The summed E-state index contributed by atoms with van der Waals surface area (Å²) in [5.41, 5.74) is 0.927. The van der Waals surface area contributed by atoms with Crippen LogP contribution in [0.5, 0.6) is 11.5 Å². The third-order valence-corrected chi connectivity index (χ3v) is 3.39. The van der Waals surface area contributed by atoms with Crippen molar-refractivity contribution in [3.8, 4) is 11.5 Å². The fraction of sp³-hybridized carbons (Fsp3) is 0.500. The van der Waals surface area contributed by atoms with E-state index in [1.807, 2.05) is 44.0 Å². The molecule has 19 heavy (non-hydrogen) atoms. The Kier molecular flexibility index (Phi) is 3.83. The van der Waals surface area contributed by atoms with Crippen LogP contribution in [0.25, 0.3) is 0 Å². The second-order valence-electron chi connectivity index (χ2n) is 5.11. The van der Waals surface area contributed by atoms with Crippen molar-refractivity contribution in [1.29, 1.82) is 0 Å². The second-order valence-corrected chi connectivity index (χ2v) is 5.11. The van der Waals surface area contributed by atoms with Crippen LogP contribution in [-0.4, -0.2) is 31.5 Å². The van der Waals surface area contributed by atoms with Crippen LogP contribution in [0, 0.1) is 11.8 Å². The molecule has 1 aromatic carbocycles. The molecule has 0 spiro atoms. The van der Waals surface area contributed by atoms with E-state index in [0.29, 0.717) is 12.3 Å². The summed E-state index contributed by atoms with van der Waals surface area (Å²) in [6.07, 6.45) is 0. The molecule has 1 aliphatic heterocycles. The first kappa shape index (κ1) is 13.5. The van der Waals surface area contributed by atoms with Crippen LogP contribution in [0.4, 0.5) is 5.69 Å². The number of fused-ring (bicyclic) bond motifs is 1. The summed E-state index contributed by atoms with van der Waals surface area (Å²) in [7, 11) is 1.88. The van der Waals surface area contributed by atoms with Crippen LogP contribution in [0.3, 0.4) is 0 Å². The van der Waals surface area contributed by atoms with E-state index in [4.69, 9.17) is 9.47 Å². The number of aliphatic carboxylic acids is 1. The first-order valence-electron chi connectivity index (χ1n) is 6.32. The number of carboxylic acid groups (broad SMARTS) is 1. The average molecular weight is 265 g/mol. The number of carboxylic acids is 1. The number of nitrogens with zero attached hydrogens (tertiary/aromatic N) is 1. The lowest BCUT2D eigenvalue weighted by molar-refractivity contribution is -0.142. The Morgan fingerprint density at radius 1 is 1.37 bits per heavy atom. The van der Waals surface area contributed by atoms with Crippen molar-refractivity contribution >= 4 is 11.7 Å². The molecule has 1 aliphatic rings. The van der Waals surface area contributed by atoms with Crippen LogP contribution < -0.4 is 14.4 Å². The molecule has 0 bridgehead atoms. The van der Waals surface area contributed by atoms with Crippen LogP contribution in [0.2, 0.25) is 0 Å². The second kappa shape index (κ2) is 5.38. The van der Waals surface area contributed by atoms with Gasteiger partial charge in [0.25, 0.3) is 0 Å². The van der Waals surface area contributed by atoms with E-state index in [-0.39, 0.29) is 12.7 Å². The standard InChI is InChI=1S/C14H19NO4/c1-9(2)11(14(16)17)7-15(3)10-4-5-12-13(6-10)19-8-18-12/h4-6,9,11H,7-8H2,1-3H3,(H,16,17). The third-order valence-electron chi connectivity index (χ3n) is 3.39. The normalized spacial score (nSPS) is 14.5. The molecule has 0 aliphatic carbocycles. The van der Waals surface area contributed by atoms with Crippen molar-refractivity contribution in [1.82, 2.24) is 0 Å². The predicted molar refractivity (Wildman–Crippen MR) is 71.8 cm³/mol. The minimum atomic E-state index is -0.761. The molecule has 0 fully saturated rings. The summed E-state index contributed by atoms with van der Waals surface area (Å²) in [6.45, 7) is 4.55. The number of benzene rings is 1. The molecule has 5 heteroatoms. The lowest BCUT2D eigenvalue weighted by Gasteiger charge is -2.25. The van der Waals surface area contributed by atoms with E-state index >= 15 is 0 Å². The van der Waals surface area contributed by atoms with Gasteiger partial charge in [0.15, 0.2) is 11.5 Å². The lowest BCUT2D eigenvalue weighted by Crippen LogP contribution is -2.33. The van der Waals surface area contributed by atoms with E-state index in [2.05, 4.69) is 0 Å². The van der Waals surface area contributed by atoms with Gasteiger partial charge in [0.05, 0.1) is 5.92 Å². The van der Waals surface area contributed by atoms with Gasteiger partial charge in [0.2, 0.25) is 6.79 Å². The zero-order valence-corrected chi connectivity index (χ0v) is 11.4. The van der Waals surface area contributed by atoms with E-state index in [1.165, 1.54) is 0 Å². The van der Waals surface area contributed by atoms with Gasteiger partial charge in [-0.05, 0) is 18.1 Å². The molecule has 1 atom stereocenters. The first-order chi connectivity index (χ1) is 8.99. The van der Waals surface area contributed by atoms with Crippen molar-refractivity contribution in [3.63, 3.8) is 0 Å². The van der Waals surface area contributed by atoms with Crippen LogP contribution in [0.1, 0.15) is 13.8 Å². The topological polar surface area (TPSA) is 59.0 Å². The molecule has 0 amide bonds. The fourth-order valence-corrected chi connectivity index (χ4v) is 2.10. The highest BCUT2D eigenvalue weighted by atomic mass is 16.7. The van der Waals surface area contributed by atoms with E-state index in [9.17, 15) is 9.90 Å². The van der Waals surface area contributed by atoms with Gasteiger partial charge in [-0.25, -0.2) is 0 Å². The highest BCUT2D eigenvalue weighted by Crippen LogP contribution is 2.35.